The Balaban J connectivity index is 2.83. The lowest BCUT2D eigenvalue weighted by Gasteiger charge is -2.18. The zero-order chi connectivity index (χ0) is 14.6. The number of carbonyl (C=O) groups is 2. The van der Waals surface area contributed by atoms with Gasteiger partial charge in [-0.3, -0.25) is 9.59 Å². The van der Waals surface area contributed by atoms with Crippen LogP contribution in [0.4, 0.5) is 5.69 Å². The summed E-state index contributed by atoms with van der Waals surface area (Å²) in [5.74, 6) is -1.30. The molecule has 0 unspecified atom stereocenters. The van der Waals surface area contributed by atoms with Crippen LogP contribution >= 0.6 is 11.8 Å². The fourth-order valence-electron chi connectivity index (χ4n) is 1.49. The highest BCUT2D eigenvalue weighted by molar-refractivity contribution is 8.00. The molecule has 0 fully saturated rings. The number of benzene rings is 1. The van der Waals surface area contributed by atoms with Gasteiger partial charge in [0.15, 0.2) is 0 Å². The third-order valence-electron chi connectivity index (χ3n) is 2.30. The van der Waals surface area contributed by atoms with Gasteiger partial charge in [0.2, 0.25) is 0 Å². The summed E-state index contributed by atoms with van der Waals surface area (Å²) in [7, 11) is 1.43. The predicted molar refractivity (Wildman–Crippen MR) is 79.5 cm³/mol. The second-order valence-electron chi connectivity index (χ2n) is 5.22. The summed E-state index contributed by atoms with van der Waals surface area (Å²) in [6.07, 6.45) is 0. The number of rotatable bonds is 2. The number of carbonyl (C=O) groups excluding carboxylic acids is 2. The van der Waals surface area contributed by atoms with Crippen LogP contribution in [0.1, 0.15) is 26.3 Å². The second-order valence-corrected chi connectivity index (χ2v) is 7.12. The van der Waals surface area contributed by atoms with E-state index >= 15 is 0 Å². The first-order valence-electron chi connectivity index (χ1n) is 6.05. The first kappa shape index (κ1) is 15.6. The normalized spacial score (nSPS) is 11.0. The van der Waals surface area contributed by atoms with E-state index in [-0.39, 0.29) is 4.75 Å². The third kappa shape index (κ3) is 4.95. The Kier molecular flexibility index (Phi) is 5.00. The first-order chi connectivity index (χ1) is 8.73. The Hall–Kier alpha value is -1.49. The lowest BCUT2D eigenvalue weighted by molar-refractivity contribution is -0.135. The number of aryl methyl sites for hydroxylation is 1. The number of hydrogen-bond acceptors (Lipinski definition) is 3. The van der Waals surface area contributed by atoms with Gasteiger partial charge in [0, 0.05) is 22.4 Å². The number of nitrogens with one attached hydrogen (secondary N) is 2. The molecule has 1 rings (SSSR count). The summed E-state index contributed by atoms with van der Waals surface area (Å²) in [6.45, 7) is 8.35. The van der Waals surface area contributed by atoms with Gasteiger partial charge in [-0.15, -0.1) is 11.8 Å². The van der Waals surface area contributed by atoms with Gasteiger partial charge in [0.1, 0.15) is 0 Å². The molecule has 19 heavy (non-hydrogen) atoms. The standard InChI is InChI=1S/C14H20N2O2S/c1-9-8-10(19-14(2,3)4)6-7-11(9)16-13(18)12(17)15-5/h6-8H,1-5H3,(H,15,17)(H,16,18). The molecule has 4 nitrogen and oxygen atoms in total. The van der Waals surface area contributed by atoms with Gasteiger partial charge < -0.3 is 10.6 Å². The SMILES string of the molecule is CNC(=O)C(=O)Nc1ccc(SC(C)(C)C)cc1C. The van der Waals surface area contributed by atoms with Crippen molar-refractivity contribution in [1.29, 1.82) is 0 Å². The molecule has 0 aromatic heterocycles. The summed E-state index contributed by atoms with van der Waals surface area (Å²) in [4.78, 5) is 23.8. The van der Waals surface area contributed by atoms with Crippen molar-refractivity contribution in [2.24, 2.45) is 0 Å². The first-order valence-corrected chi connectivity index (χ1v) is 6.87. The minimum Gasteiger partial charge on any atom is -0.351 e. The maximum absolute atomic E-state index is 11.5. The van der Waals surface area contributed by atoms with Crippen molar-refractivity contribution in [3.63, 3.8) is 0 Å². The van der Waals surface area contributed by atoms with Crippen LogP contribution in [0.3, 0.4) is 0 Å². The summed E-state index contributed by atoms with van der Waals surface area (Å²) in [5, 5.41) is 4.88. The molecular weight excluding hydrogens is 260 g/mol. The van der Waals surface area contributed by atoms with E-state index in [9.17, 15) is 9.59 Å². The average molecular weight is 280 g/mol. The predicted octanol–water partition coefficient (Wildman–Crippen LogP) is 2.57. The van der Waals surface area contributed by atoms with Gasteiger partial charge >= 0.3 is 11.8 Å². The van der Waals surface area contributed by atoms with E-state index in [1.165, 1.54) is 7.05 Å². The molecule has 0 aliphatic rings. The Morgan fingerprint density at radius 3 is 2.26 bits per heavy atom. The summed E-state index contributed by atoms with van der Waals surface area (Å²) in [5.41, 5.74) is 1.60. The second kappa shape index (κ2) is 6.10. The van der Waals surface area contributed by atoms with Crippen LogP contribution < -0.4 is 10.6 Å². The molecule has 5 heteroatoms. The van der Waals surface area contributed by atoms with E-state index in [2.05, 4.69) is 31.4 Å². The molecule has 2 amide bonds. The highest BCUT2D eigenvalue weighted by atomic mass is 32.2. The zero-order valence-corrected chi connectivity index (χ0v) is 12.8. The molecule has 0 heterocycles. The van der Waals surface area contributed by atoms with E-state index in [0.29, 0.717) is 5.69 Å². The van der Waals surface area contributed by atoms with Crippen molar-refractivity contribution < 1.29 is 9.59 Å². The van der Waals surface area contributed by atoms with E-state index in [1.54, 1.807) is 11.8 Å². The fourth-order valence-corrected chi connectivity index (χ4v) is 2.56. The van der Waals surface area contributed by atoms with E-state index in [1.807, 2.05) is 25.1 Å². The molecule has 0 aliphatic heterocycles. The van der Waals surface area contributed by atoms with Crippen LogP contribution in [0.5, 0.6) is 0 Å². The number of hydrogen-bond donors (Lipinski definition) is 2. The van der Waals surface area contributed by atoms with Crippen molar-refractivity contribution >= 4 is 29.3 Å². The molecule has 0 saturated heterocycles. The van der Waals surface area contributed by atoms with Crippen LogP contribution in [0.25, 0.3) is 0 Å². The molecule has 0 radical (unpaired) electrons. The zero-order valence-electron chi connectivity index (χ0n) is 12.0. The van der Waals surface area contributed by atoms with Crippen molar-refractivity contribution in [1.82, 2.24) is 5.32 Å². The Morgan fingerprint density at radius 1 is 1.16 bits per heavy atom. The quantitative estimate of drug-likeness (QED) is 0.646. The minimum absolute atomic E-state index is 0.138. The molecular formula is C14H20N2O2S. The van der Waals surface area contributed by atoms with Crippen LogP contribution in [0.2, 0.25) is 0 Å². The molecule has 2 N–H and O–H groups in total. The monoisotopic (exact) mass is 280 g/mol. The van der Waals surface area contributed by atoms with Crippen molar-refractivity contribution in [2.75, 3.05) is 12.4 Å². The highest BCUT2D eigenvalue weighted by Gasteiger charge is 2.15. The average Bonchev–Trinajstić information content (AvgIpc) is 2.29. The highest BCUT2D eigenvalue weighted by Crippen LogP contribution is 2.33. The largest absolute Gasteiger partial charge is 0.351 e. The minimum atomic E-state index is -0.651. The van der Waals surface area contributed by atoms with Crippen LogP contribution in [-0.4, -0.2) is 23.6 Å². The van der Waals surface area contributed by atoms with Gasteiger partial charge in [0.25, 0.3) is 0 Å². The molecule has 0 bridgehead atoms. The van der Waals surface area contributed by atoms with Crippen molar-refractivity contribution in [3.05, 3.63) is 23.8 Å². The Bertz CT molecular complexity index is 493. The van der Waals surface area contributed by atoms with Gasteiger partial charge in [0.05, 0.1) is 0 Å². The van der Waals surface area contributed by atoms with Gasteiger partial charge in [-0.05, 0) is 30.7 Å². The summed E-state index contributed by atoms with van der Waals surface area (Å²) >= 11 is 1.76. The molecule has 1 aromatic rings. The maximum atomic E-state index is 11.5. The number of anilines is 1. The van der Waals surface area contributed by atoms with Crippen LogP contribution in [0.15, 0.2) is 23.1 Å². The molecule has 0 aliphatic carbocycles. The molecule has 0 saturated carbocycles. The maximum Gasteiger partial charge on any atom is 0.313 e. The number of likely N-dealkylation sites (N-methyl/N-ethyl adjacent to an activating group) is 1. The third-order valence-corrected chi connectivity index (χ3v) is 3.41. The fraction of sp³-hybridized carbons (Fsp3) is 0.429. The van der Waals surface area contributed by atoms with Gasteiger partial charge in [-0.25, -0.2) is 0 Å². The molecule has 0 atom stereocenters. The summed E-state index contributed by atoms with van der Waals surface area (Å²) in [6, 6.07) is 5.78. The number of amides is 2. The topological polar surface area (TPSA) is 58.2 Å². The van der Waals surface area contributed by atoms with Crippen molar-refractivity contribution in [2.45, 2.75) is 37.3 Å². The van der Waals surface area contributed by atoms with E-state index < -0.39 is 11.8 Å². The van der Waals surface area contributed by atoms with Gasteiger partial charge in [-0.1, -0.05) is 20.8 Å². The molecule has 1 aromatic carbocycles. The Morgan fingerprint density at radius 2 is 1.79 bits per heavy atom. The molecule has 0 spiro atoms. The van der Waals surface area contributed by atoms with Crippen molar-refractivity contribution in [3.8, 4) is 0 Å². The van der Waals surface area contributed by atoms with Crippen LogP contribution in [-0.2, 0) is 9.59 Å². The van der Waals surface area contributed by atoms with Crippen LogP contribution in [0, 0.1) is 6.92 Å². The van der Waals surface area contributed by atoms with E-state index in [4.69, 9.17) is 0 Å². The number of thioether (sulfide) groups is 1. The van der Waals surface area contributed by atoms with E-state index in [0.717, 1.165) is 10.5 Å². The van der Waals surface area contributed by atoms with Gasteiger partial charge in [-0.2, -0.15) is 0 Å². The smallest absolute Gasteiger partial charge is 0.313 e. The molecule has 104 valence electrons. The lowest BCUT2D eigenvalue weighted by atomic mass is 10.2. The summed E-state index contributed by atoms with van der Waals surface area (Å²) < 4.78 is 0.138. The Labute approximate surface area is 118 Å². The lowest BCUT2D eigenvalue weighted by Crippen LogP contribution is -2.32.